The molecule has 130 valence electrons. The summed E-state index contributed by atoms with van der Waals surface area (Å²) in [6.07, 6.45) is 4.93. The second-order valence-corrected chi connectivity index (χ2v) is 6.63. The minimum Gasteiger partial charge on any atom is -0.472 e. The Bertz CT molecular complexity index is 729. The molecule has 0 bridgehead atoms. The van der Waals surface area contributed by atoms with Crippen LogP contribution < -0.4 is 9.64 Å². The van der Waals surface area contributed by atoms with E-state index < -0.39 is 6.10 Å². The number of benzene rings is 1. The zero-order chi connectivity index (χ0) is 17.1. The second-order valence-electron chi connectivity index (χ2n) is 6.63. The van der Waals surface area contributed by atoms with E-state index in [2.05, 4.69) is 9.88 Å². The number of likely N-dealkylation sites (tertiary alicyclic amines) is 1. The van der Waals surface area contributed by atoms with E-state index in [1.807, 2.05) is 42.5 Å². The molecule has 0 saturated carbocycles. The lowest BCUT2D eigenvalue weighted by Gasteiger charge is -2.35. The molecule has 1 fully saturated rings. The largest absolute Gasteiger partial charge is 0.472 e. The monoisotopic (exact) mass is 337 g/mol. The summed E-state index contributed by atoms with van der Waals surface area (Å²) >= 11 is 0. The van der Waals surface area contributed by atoms with Crippen LogP contribution in [0.2, 0.25) is 0 Å². The van der Waals surface area contributed by atoms with Gasteiger partial charge in [-0.05, 0) is 38.1 Å². The van der Waals surface area contributed by atoms with Crippen molar-refractivity contribution in [3.63, 3.8) is 0 Å². The maximum atomic E-state index is 13.1. The molecule has 1 amide bonds. The summed E-state index contributed by atoms with van der Waals surface area (Å²) in [6.45, 7) is 3.77. The molecule has 3 heterocycles. The molecule has 1 unspecified atom stereocenters. The maximum Gasteiger partial charge on any atom is 0.274 e. The number of piperidine rings is 1. The second kappa shape index (κ2) is 7.23. The number of fused-ring (bicyclic) bond motifs is 1. The van der Waals surface area contributed by atoms with Crippen LogP contribution in [0.15, 0.2) is 48.7 Å². The van der Waals surface area contributed by atoms with Crippen LogP contribution in [0.3, 0.4) is 0 Å². The molecule has 25 heavy (non-hydrogen) atoms. The Labute approximate surface area is 148 Å². The SMILES string of the molecule is O=C1C(c2ccccc2)Oc2cccnc2N1CCN1CCCCC1. The number of aromatic nitrogens is 1. The van der Waals surface area contributed by atoms with Crippen LogP contribution in [0.4, 0.5) is 5.82 Å². The van der Waals surface area contributed by atoms with E-state index in [1.54, 1.807) is 11.1 Å². The number of anilines is 1. The van der Waals surface area contributed by atoms with Crippen molar-refractivity contribution in [2.24, 2.45) is 0 Å². The first kappa shape index (κ1) is 16.1. The Morgan fingerprint density at radius 1 is 1.00 bits per heavy atom. The van der Waals surface area contributed by atoms with Gasteiger partial charge in [0.2, 0.25) is 6.10 Å². The Kier molecular flexibility index (Phi) is 4.65. The van der Waals surface area contributed by atoms with E-state index in [9.17, 15) is 4.79 Å². The quantitative estimate of drug-likeness (QED) is 0.860. The minimum atomic E-state index is -0.598. The van der Waals surface area contributed by atoms with Gasteiger partial charge in [0.25, 0.3) is 5.91 Å². The smallest absolute Gasteiger partial charge is 0.274 e. The fourth-order valence-corrected chi connectivity index (χ4v) is 3.58. The normalized spacial score (nSPS) is 20.9. The molecule has 5 nitrogen and oxygen atoms in total. The highest BCUT2D eigenvalue weighted by Gasteiger charge is 2.36. The average molecular weight is 337 g/mol. The highest BCUT2D eigenvalue weighted by atomic mass is 16.5. The highest BCUT2D eigenvalue weighted by molar-refractivity contribution is 5.99. The number of pyridine rings is 1. The number of ether oxygens (including phenoxy) is 1. The Hall–Kier alpha value is -2.40. The Morgan fingerprint density at radius 2 is 1.80 bits per heavy atom. The Balaban J connectivity index is 1.58. The van der Waals surface area contributed by atoms with Gasteiger partial charge < -0.3 is 9.64 Å². The molecule has 0 N–H and O–H groups in total. The molecule has 4 rings (SSSR count). The molecule has 1 aromatic heterocycles. The zero-order valence-corrected chi connectivity index (χ0v) is 14.3. The van der Waals surface area contributed by atoms with Crippen LogP contribution >= 0.6 is 0 Å². The van der Waals surface area contributed by atoms with Crippen molar-refractivity contribution in [2.45, 2.75) is 25.4 Å². The lowest BCUT2D eigenvalue weighted by molar-refractivity contribution is -0.126. The molecule has 5 heteroatoms. The molecule has 2 aliphatic rings. The fourth-order valence-electron chi connectivity index (χ4n) is 3.58. The highest BCUT2D eigenvalue weighted by Crippen LogP contribution is 2.36. The van der Waals surface area contributed by atoms with Crippen molar-refractivity contribution < 1.29 is 9.53 Å². The fraction of sp³-hybridized carbons (Fsp3) is 0.400. The first-order valence-corrected chi connectivity index (χ1v) is 9.03. The lowest BCUT2D eigenvalue weighted by atomic mass is 10.1. The number of amides is 1. The minimum absolute atomic E-state index is 0.0330. The van der Waals surface area contributed by atoms with Crippen molar-refractivity contribution in [2.75, 3.05) is 31.1 Å². The Morgan fingerprint density at radius 3 is 2.60 bits per heavy atom. The van der Waals surface area contributed by atoms with Crippen LogP contribution in [0.5, 0.6) is 5.75 Å². The third-order valence-corrected chi connectivity index (χ3v) is 4.93. The zero-order valence-electron chi connectivity index (χ0n) is 14.3. The summed E-state index contributed by atoms with van der Waals surface area (Å²) in [5.74, 6) is 1.28. The summed E-state index contributed by atoms with van der Waals surface area (Å²) in [6, 6.07) is 13.4. The third kappa shape index (κ3) is 3.37. The van der Waals surface area contributed by atoms with Crippen molar-refractivity contribution in [3.8, 4) is 5.75 Å². The van der Waals surface area contributed by atoms with Gasteiger partial charge in [0.15, 0.2) is 11.6 Å². The molecule has 0 radical (unpaired) electrons. The molecule has 2 aliphatic heterocycles. The summed E-state index contributed by atoms with van der Waals surface area (Å²) in [5, 5.41) is 0. The lowest BCUT2D eigenvalue weighted by Crippen LogP contribution is -2.46. The summed E-state index contributed by atoms with van der Waals surface area (Å²) < 4.78 is 5.98. The number of nitrogens with zero attached hydrogens (tertiary/aromatic N) is 3. The molecule has 0 spiro atoms. The van der Waals surface area contributed by atoms with Crippen LogP contribution in [0.1, 0.15) is 30.9 Å². The summed E-state index contributed by atoms with van der Waals surface area (Å²) in [4.78, 5) is 21.7. The van der Waals surface area contributed by atoms with Crippen molar-refractivity contribution in [3.05, 3.63) is 54.2 Å². The van der Waals surface area contributed by atoms with Gasteiger partial charge in [-0.3, -0.25) is 9.69 Å². The maximum absolute atomic E-state index is 13.1. The summed E-state index contributed by atoms with van der Waals surface area (Å²) in [5.41, 5.74) is 0.880. The number of carbonyl (C=O) groups is 1. The number of carbonyl (C=O) groups excluding carboxylic acids is 1. The summed E-state index contributed by atoms with van der Waals surface area (Å²) in [7, 11) is 0. The average Bonchev–Trinajstić information content (AvgIpc) is 2.68. The predicted molar refractivity (Wildman–Crippen MR) is 96.7 cm³/mol. The molecule has 2 aromatic rings. The van der Waals surface area contributed by atoms with Gasteiger partial charge in [0.1, 0.15) is 0 Å². The van der Waals surface area contributed by atoms with Crippen molar-refractivity contribution >= 4 is 11.7 Å². The van der Waals surface area contributed by atoms with Gasteiger partial charge in [-0.15, -0.1) is 0 Å². The van der Waals surface area contributed by atoms with Gasteiger partial charge >= 0.3 is 0 Å². The molecule has 0 aliphatic carbocycles. The van der Waals surface area contributed by atoms with E-state index in [1.165, 1.54) is 19.3 Å². The van der Waals surface area contributed by atoms with Crippen LogP contribution in [-0.4, -0.2) is 42.0 Å². The first-order chi connectivity index (χ1) is 12.3. The number of hydrogen-bond acceptors (Lipinski definition) is 4. The van der Waals surface area contributed by atoms with Crippen molar-refractivity contribution in [1.29, 1.82) is 0 Å². The van der Waals surface area contributed by atoms with E-state index >= 15 is 0 Å². The van der Waals surface area contributed by atoms with E-state index in [0.717, 1.165) is 25.2 Å². The molecule has 1 atom stereocenters. The van der Waals surface area contributed by atoms with Crippen LogP contribution in [0, 0.1) is 0 Å². The van der Waals surface area contributed by atoms with Gasteiger partial charge in [-0.2, -0.15) is 0 Å². The number of rotatable bonds is 4. The van der Waals surface area contributed by atoms with Gasteiger partial charge in [-0.25, -0.2) is 4.98 Å². The van der Waals surface area contributed by atoms with E-state index in [4.69, 9.17) is 4.74 Å². The van der Waals surface area contributed by atoms with Crippen LogP contribution in [0.25, 0.3) is 0 Å². The predicted octanol–water partition coefficient (Wildman–Crippen LogP) is 3.03. The molecular weight excluding hydrogens is 314 g/mol. The molecular formula is C20H23N3O2. The topological polar surface area (TPSA) is 45.7 Å². The van der Waals surface area contributed by atoms with Gasteiger partial charge in [0.05, 0.1) is 0 Å². The van der Waals surface area contributed by atoms with E-state index in [-0.39, 0.29) is 5.91 Å². The van der Waals surface area contributed by atoms with Crippen LogP contribution in [-0.2, 0) is 4.79 Å². The standard InChI is InChI=1S/C20H23N3O2/c24-20-18(16-8-3-1-4-9-16)25-17-10-7-11-21-19(17)23(20)15-14-22-12-5-2-6-13-22/h1,3-4,7-11,18H,2,5-6,12-15H2. The van der Waals surface area contributed by atoms with Gasteiger partial charge in [-0.1, -0.05) is 36.8 Å². The number of hydrogen-bond donors (Lipinski definition) is 0. The molecule has 1 aromatic carbocycles. The van der Waals surface area contributed by atoms with E-state index in [0.29, 0.717) is 18.1 Å². The molecule has 1 saturated heterocycles. The third-order valence-electron chi connectivity index (χ3n) is 4.93. The van der Waals surface area contributed by atoms with Gasteiger partial charge in [0, 0.05) is 24.8 Å². The first-order valence-electron chi connectivity index (χ1n) is 9.03. The van der Waals surface area contributed by atoms with Crippen molar-refractivity contribution in [1.82, 2.24) is 9.88 Å².